The van der Waals surface area contributed by atoms with Gasteiger partial charge < -0.3 is 15.2 Å². The number of aromatic nitrogens is 2. The maximum Gasteiger partial charge on any atom is 0.306 e. The number of H-pyrrole nitrogens is 1. The van der Waals surface area contributed by atoms with E-state index in [1.165, 1.54) is 7.11 Å². The summed E-state index contributed by atoms with van der Waals surface area (Å²) >= 11 is 0. The van der Waals surface area contributed by atoms with Crippen LogP contribution in [0.3, 0.4) is 0 Å². The van der Waals surface area contributed by atoms with Crippen LogP contribution in [-0.4, -0.2) is 23.3 Å². The van der Waals surface area contributed by atoms with Crippen LogP contribution in [0.25, 0.3) is 0 Å². The zero-order valence-electron chi connectivity index (χ0n) is 18.4. The summed E-state index contributed by atoms with van der Waals surface area (Å²) in [6.07, 6.45) is 0.644. The van der Waals surface area contributed by atoms with Gasteiger partial charge in [-0.2, -0.15) is 10.4 Å². The second-order valence-electron chi connectivity index (χ2n) is 7.89. The van der Waals surface area contributed by atoms with E-state index in [4.69, 9.17) is 10.5 Å². The van der Waals surface area contributed by atoms with Crippen LogP contribution < -0.4 is 10.5 Å². The number of nitrogens with one attached hydrogen (secondary N) is 1. The molecule has 7 heteroatoms. The van der Waals surface area contributed by atoms with Gasteiger partial charge >= 0.3 is 5.97 Å². The summed E-state index contributed by atoms with van der Waals surface area (Å²) in [5, 5.41) is 17.3. The normalized spacial score (nSPS) is 17.3. The van der Waals surface area contributed by atoms with E-state index >= 15 is 0 Å². The van der Waals surface area contributed by atoms with E-state index in [-0.39, 0.29) is 24.2 Å². The van der Waals surface area contributed by atoms with Gasteiger partial charge in [-0.05, 0) is 43.0 Å². The molecule has 0 aliphatic carbocycles. The molecule has 1 aliphatic rings. The van der Waals surface area contributed by atoms with Crippen LogP contribution >= 0.6 is 0 Å². The highest BCUT2D eigenvalue weighted by molar-refractivity contribution is 5.69. The van der Waals surface area contributed by atoms with E-state index in [9.17, 15) is 10.1 Å². The minimum atomic E-state index is -0.835. The molecule has 0 spiro atoms. The number of esters is 1. The summed E-state index contributed by atoms with van der Waals surface area (Å²) in [7, 11) is 1.36. The van der Waals surface area contributed by atoms with Crippen LogP contribution in [0, 0.1) is 42.9 Å². The lowest BCUT2D eigenvalue weighted by Gasteiger charge is -2.41. The van der Waals surface area contributed by atoms with Crippen molar-refractivity contribution < 1.29 is 14.3 Å². The summed E-state index contributed by atoms with van der Waals surface area (Å²) in [5.74, 6) is 6.37. The third-order valence-electron chi connectivity index (χ3n) is 5.59. The van der Waals surface area contributed by atoms with Crippen molar-refractivity contribution in [2.24, 2.45) is 11.7 Å². The number of ether oxygens (including phenoxy) is 2. The van der Waals surface area contributed by atoms with E-state index in [0.29, 0.717) is 17.9 Å². The molecule has 160 valence electrons. The van der Waals surface area contributed by atoms with Crippen LogP contribution in [0.4, 0.5) is 0 Å². The highest BCUT2D eigenvalue weighted by Gasteiger charge is 2.50. The number of nitrogens with two attached hydrogens (primary N) is 1. The van der Waals surface area contributed by atoms with Crippen molar-refractivity contribution in [2.75, 3.05) is 7.11 Å². The van der Waals surface area contributed by atoms with Crippen molar-refractivity contribution >= 4 is 5.97 Å². The number of methoxy groups -OCH3 is 1. The van der Waals surface area contributed by atoms with Crippen molar-refractivity contribution in [2.45, 2.75) is 46.0 Å². The summed E-state index contributed by atoms with van der Waals surface area (Å²) in [6, 6.07) is 8.29. The number of hydrogen-bond acceptors (Lipinski definition) is 6. The second kappa shape index (κ2) is 8.57. The van der Waals surface area contributed by atoms with Gasteiger partial charge in [-0.25, -0.2) is 5.10 Å². The minimum Gasteiger partial charge on any atom is -0.469 e. The van der Waals surface area contributed by atoms with Gasteiger partial charge in [-0.3, -0.25) is 4.79 Å². The van der Waals surface area contributed by atoms with Crippen LogP contribution in [-0.2, 0) is 14.9 Å². The fourth-order valence-electron chi connectivity index (χ4n) is 4.29. The average Bonchev–Trinajstić information content (AvgIpc) is 3.09. The number of aromatic amines is 1. The lowest BCUT2D eigenvalue weighted by Crippen LogP contribution is -2.41. The number of rotatable bonds is 4. The Bertz CT molecular complexity index is 1160. The monoisotopic (exact) mass is 418 g/mol. The summed E-state index contributed by atoms with van der Waals surface area (Å²) in [5.41, 5.74) is 9.96. The Balaban J connectivity index is 2.20. The molecule has 0 radical (unpaired) electrons. The van der Waals surface area contributed by atoms with Gasteiger partial charge in [0.2, 0.25) is 11.8 Å². The van der Waals surface area contributed by atoms with Crippen LogP contribution in [0.5, 0.6) is 5.88 Å². The first kappa shape index (κ1) is 22.0. The number of nitrogens with zero attached hydrogens (tertiary/aromatic N) is 2. The first-order valence-corrected chi connectivity index (χ1v) is 10.1. The average molecular weight is 418 g/mol. The molecule has 2 aromatic rings. The standard InChI is InChI=1S/C24H26N4O3/c1-14(2)24(19(13-25)22(26)31-23-21(24)16(4)27-28-23)18-11-15(3)10-17(12-18)8-6-7-9-20(29)30-5/h10-12,14H,7,9,26H2,1-5H3,(H,27,28). The quantitative estimate of drug-likeness (QED) is 0.581. The fraction of sp³-hybridized carbons (Fsp3) is 0.375. The number of benzene rings is 1. The molecule has 31 heavy (non-hydrogen) atoms. The number of nitriles is 1. The zero-order valence-corrected chi connectivity index (χ0v) is 18.4. The first-order chi connectivity index (χ1) is 14.7. The Morgan fingerprint density at radius 3 is 2.74 bits per heavy atom. The lowest BCUT2D eigenvalue weighted by molar-refractivity contribution is -0.140. The largest absolute Gasteiger partial charge is 0.469 e. The molecule has 1 unspecified atom stereocenters. The fourth-order valence-corrected chi connectivity index (χ4v) is 4.29. The molecule has 0 saturated heterocycles. The van der Waals surface area contributed by atoms with E-state index in [1.54, 1.807) is 0 Å². The summed E-state index contributed by atoms with van der Waals surface area (Å²) in [4.78, 5) is 11.3. The predicted octanol–water partition coefficient (Wildman–Crippen LogP) is 3.36. The zero-order chi connectivity index (χ0) is 22.8. The Labute approximate surface area is 182 Å². The Morgan fingerprint density at radius 2 is 2.10 bits per heavy atom. The molecule has 7 nitrogen and oxygen atoms in total. The summed E-state index contributed by atoms with van der Waals surface area (Å²) < 4.78 is 10.4. The Kier molecular flexibility index (Phi) is 6.08. The molecule has 0 saturated carbocycles. The molecule has 1 aromatic carbocycles. The van der Waals surface area contributed by atoms with Gasteiger partial charge in [-0.1, -0.05) is 31.8 Å². The van der Waals surface area contributed by atoms with Gasteiger partial charge in [0.15, 0.2) is 0 Å². The van der Waals surface area contributed by atoms with E-state index in [1.807, 2.05) is 32.0 Å². The number of fused-ring (bicyclic) bond motifs is 1. The SMILES string of the molecule is COC(=O)CCC#Cc1cc(C)cc(C2(C(C)C)C(C#N)=C(N)Oc3[nH]nc(C)c32)c1. The predicted molar refractivity (Wildman–Crippen MR) is 116 cm³/mol. The highest BCUT2D eigenvalue weighted by Crippen LogP contribution is 2.52. The molecule has 0 amide bonds. The van der Waals surface area contributed by atoms with Crippen molar-refractivity contribution in [1.82, 2.24) is 10.2 Å². The van der Waals surface area contributed by atoms with Gasteiger partial charge in [0.1, 0.15) is 11.6 Å². The van der Waals surface area contributed by atoms with E-state index in [0.717, 1.165) is 27.9 Å². The molecule has 1 aromatic heterocycles. The Hall–Kier alpha value is -3.71. The van der Waals surface area contributed by atoms with Crippen LogP contribution in [0.15, 0.2) is 29.7 Å². The number of carbonyl (C=O) groups is 1. The van der Waals surface area contributed by atoms with E-state index < -0.39 is 5.41 Å². The van der Waals surface area contributed by atoms with E-state index in [2.05, 4.69) is 46.7 Å². The molecular formula is C24H26N4O3. The molecule has 0 fully saturated rings. The lowest BCUT2D eigenvalue weighted by atomic mass is 9.61. The number of carbonyl (C=O) groups excluding carboxylic acids is 1. The smallest absolute Gasteiger partial charge is 0.306 e. The van der Waals surface area contributed by atoms with Crippen molar-refractivity contribution in [3.05, 3.63) is 57.6 Å². The third kappa shape index (κ3) is 3.75. The maximum atomic E-state index is 11.3. The van der Waals surface area contributed by atoms with Gasteiger partial charge in [0.25, 0.3) is 0 Å². The van der Waals surface area contributed by atoms with Crippen LogP contribution in [0.2, 0.25) is 0 Å². The van der Waals surface area contributed by atoms with Crippen LogP contribution in [0.1, 0.15) is 54.6 Å². The third-order valence-corrected chi connectivity index (χ3v) is 5.59. The van der Waals surface area contributed by atoms with Crippen molar-refractivity contribution in [3.63, 3.8) is 0 Å². The molecule has 1 atom stereocenters. The van der Waals surface area contributed by atoms with Gasteiger partial charge in [0, 0.05) is 12.0 Å². The number of allylic oxidation sites excluding steroid dienone is 1. The number of hydrogen-bond donors (Lipinski definition) is 2. The molecular weight excluding hydrogens is 392 g/mol. The minimum absolute atomic E-state index is 0.0263. The van der Waals surface area contributed by atoms with Crippen molar-refractivity contribution in [1.29, 1.82) is 5.26 Å². The maximum absolute atomic E-state index is 11.3. The molecule has 3 N–H and O–H groups in total. The topological polar surface area (TPSA) is 114 Å². The second-order valence-corrected chi connectivity index (χ2v) is 7.89. The molecule has 0 bridgehead atoms. The molecule has 2 heterocycles. The molecule has 1 aliphatic heterocycles. The first-order valence-electron chi connectivity index (χ1n) is 10.1. The highest BCUT2D eigenvalue weighted by atomic mass is 16.5. The van der Waals surface area contributed by atoms with Gasteiger partial charge in [0.05, 0.1) is 30.2 Å². The number of aryl methyl sites for hydroxylation is 2. The van der Waals surface area contributed by atoms with Crippen molar-refractivity contribution in [3.8, 4) is 23.8 Å². The summed E-state index contributed by atoms with van der Waals surface area (Å²) in [6.45, 7) is 7.97. The van der Waals surface area contributed by atoms with Gasteiger partial charge in [-0.15, -0.1) is 0 Å². The molecule has 3 rings (SSSR count). The Morgan fingerprint density at radius 1 is 1.35 bits per heavy atom.